The molecule has 0 amide bonds. The Kier molecular flexibility index (Phi) is 4.36. The monoisotopic (exact) mass is 285 g/mol. The maximum absolute atomic E-state index is 10.4. The van der Waals surface area contributed by atoms with Gasteiger partial charge in [0.05, 0.1) is 6.10 Å². The molecular weight excluding hydrogens is 262 g/mol. The smallest absolute Gasteiger partial charge is 0.0699 e. The molecular formula is C17H23N3O. The van der Waals surface area contributed by atoms with Gasteiger partial charge in [0.2, 0.25) is 0 Å². The number of aryl methyl sites for hydroxylation is 1. The fourth-order valence-corrected chi connectivity index (χ4v) is 3.18. The minimum Gasteiger partial charge on any atom is -0.391 e. The standard InChI is InChI=1S/C17H23N3O/c1-13-3-2-4-14(9-13)10-15-6-8-20(12-17(15)21)11-16-5-7-18-19-16/h2-5,7,9,15,17,21H,6,8,10-12H2,1H3,(H,18,19)/t15-,17+/m1/s1. The number of aromatic nitrogens is 2. The van der Waals surface area contributed by atoms with Crippen molar-refractivity contribution >= 4 is 0 Å². The van der Waals surface area contributed by atoms with Crippen molar-refractivity contribution in [3.05, 3.63) is 53.3 Å². The first kappa shape index (κ1) is 14.3. The molecule has 21 heavy (non-hydrogen) atoms. The minimum absolute atomic E-state index is 0.248. The van der Waals surface area contributed by atoms with E-state index in [-0.39, 0.29) is 6.10 Å². The van der Waals surface area contributed by atoms with E-state index in [2.05, 4.69) is 46.3 Å². The van der Waals surface area contributed by atoms with Crippen LogP contribution in [0.15, 0.2) is 36.5 Å². The summed E-state index contributed by atoms with van der Waals surface area (Å²) in [5, 5.41) is 17.4. The van der Waals surface area contributed by atoms with Crippen LogP contribution in [0.3, 0.4) is 0 Å². The predicted octanol–water partition coefficient (Wildman–Crippen LogP) is 2.14. The average molecular weight is 285 g/mol. The van der Waals surface area contributed by atoms with Crippen molar-refractivity contribution in [2.75, 3.05) is 13.1 Å². The van der Waals surface area contributed by atoms with Crippen molar-refractivity contribution in [3.63, 3.8) is 0 Å². The topological polar surface area (TPSA) is 52.2 Å². The highest BCUT2D eigenvalue weighted by atomic mass is 16.3. The van der Waals surface area contributed by atoms with Gasteiger partial charge in [-0.25, -0.2) is 0 Å². The Morgan fingerprint density at radius 1 is 1.38 bits per heavy atom. The Balaban J connectivity index is 1.56. The van der Waals surface area contributed by atoms with Crippen molar-refractivity contribution < 1.29 is 5.11 Å². The van der Waals surface area contributed by atoms with Crippen molar-refractivity contribution in [2.24, 2.45) is 5.92 Å². The van der Waals surface area contributed by atoms with Crippen molar-refractivity contribution in [1.82, 2.24) is 15.1 Å². The summed E-state index contributed by atoms with van der Waals surface area (Å²) in [6.45, 7) is 4.74. The van der Waals surface area contributed by atoms with E-state index in [0.717, 1.165) is 38.2 Å². The first-order valence-electron chi connectivity index (χ1n) is 7.65. The van der Waals surface area contributed by atoms with E-state index in [1.165, 1.54) is 11.1 Å². The van der Waals surface area contributed by atoms with E-state index in [1.54, 1.807) is 6.20 Å². The molecule has 0 radical (unpaired) electrons. The lowest BCUT2D eigenvalue weighted by Gasteiger charge is -2.35. The molecule has 1 aliphatic heterocycles. The van der Waals surface area contributed by atoms with Gasteiger partial charge in [-0.3, -0.25) is 10.00 Å². The van der Waals surface area contributed by atoms with Crippen LogP contribution in [-0.4, -0.2) is 39.4 Å². The van der Waals surface area contributed by atoms with E-state index in [9.17, 15) is 5.11 Å². The molecule has 2 atom stereocenters. The Bertz CT molecular complexity index is 567. The maximum atomic E-state index is 10.4. The van der Waals surface area contributed by atoms with Crippen LogP contribution in [0, 0.1) is 12.8 Å². The van der Waals surface area contributed by atoms with E-state index in [1.807, 2.05) is 6.07 Å². The van der Waals surface area contributed by atoms with Gasteiger partial charge in [-0.15, -0.1) is 0 Å². The molecule has 0 aliphatic carbocycles. The van der Waals surface area contributed by atoms with E-state index < -0.39 is 0 Å². The molecule has 2 heterocycles. The van der Waals surface area contributed by atoms with Crippen LogP contribution in [0.25, 0.3) is 0 Å². The molecule has 0 spiro atoms. The van der Waals surface area contributed by atoms with Crippen LogP contribution in [0.2, 0.25) is 0 Å². The van der Waals surface area contributed by atoms with E-state index >= 15 is 0 Å². The highest BCUT2D eigenvalue weighted by Gasteiger charge is 2.27. The lowest BCUT2D eigenvalue weighted by atomic mass is 9.87. The number of benzene rings is 1. The molecule has 1 aromatic heterocycles. The number of aromatic amines is 1. The van der Waals surface area contributed by atoms with Gasteiger partial charge in [0.25, 0.3) is 0 Å². The van der Waals surface area contributed by atoms with Gasteiger partial charge in [-0.2, -0.15) is 5.10 Å². The molecule has 1 fully saturated rings. The van der Waals surface area contributed by atoms with Crippen LogP contribution >= 0.6 is 0 Å². The average Bonchev–Trinajstić information content (AvgIpc) is 2.95. The molecule has 1 saturated heterocycles. The summed E-state index contributed by atoms with van der Waals surface area (Å²) < 4.78 is 0. The normalized spacial score (nSPS) is 23.3. The lowest BCUT2D eigenvalue weighted by molar-refractivity contribution is 0.0183. The summed E-state index contributed by atoms with van der Waals surface area (Å²) in [5.41, 5.74) is 3.74. The number of rotatable bonds is 4. The van der Waals surface area contributed by atoms with Crippen LogP contribution in [0.5, 0.6) is 0 Å². The third-order valence-corrected chi connectivity index (χ3v) is 4.34. The van der Waals surface area contributed by atoms with Gasteiger partial charge in [0.1, 0.15) is 0 Å². The molecule has 0 unspecified atom stereocenters. The summed E-state index contributed by atoms with van der Waals surface area (Å²) in [5.74, 6) is 0.366. The molecule has 1 aromatic carbocycles. The fourth-order valence-electron chi connectivity index (χ4n) is 3.18. The second-order valence-electron chi connectivity index (χ2n) is 6.13. The predicted molar refractivity (Wildman–Crippen MR) is 82.9 cm³/mol. The summed E-state index contributed by atoms with van der Waals surface area (Å²) in [6, 6.07) is 10.6. The molecule has 2 N–H and O–H groups in total. The Hall–Kier alpha value is -1.65. The zero-order valence-electron chi connectivity index (χ0n) is 12.5. The first-order chi connectivity index (χ1) is 10.2. The number of hydrogen-bond donors (Lipinski definition) is 2. The van der Waals surface area contributed by atoms with E-state index in [0.29, 0.717) is 5.92 Å². The fraction of sp³-hybridized carbons (Fsp3) is 0.471. The summed E-state index contributed by atoms with van der Waals surface area (Å²) in [7, 11) is 0. The quantitative estimate of drug-likeness (QED) is 0.905. The third-order valence-electron chi connectivity index (χ3n) is 4.34. The Morgan fingerprint density at radius 3 is 3.00 bits per heavy atom. The second-order valence-corrected chi connectivity index (χ2v) is 6.13. The molecule has 0 bridgehead atoms. The van der Waals surface area contributed by atoms with Crippen LogP contribution < -0.4 is 0 Å². The SMILES string of the molecule is Cc1cccc(C[C@H]2CCN(Cc3ccn[nH]3)C[C@@H]2O)c1. The number of aliphatic hydroxyl groups is 1. The molecule has 0 saturated carbocycles. The highest BCUT2D eigenvalue weighted by Crippen LogP contribution is 2.23. The summed E-state index contributed by atoms with van der Waals surface area (Å²) in [6.07, 6.45) is 3.54. The third kappa shape index (κ3) is 3.71. The van der Waals surface area contributed by atoms with Crippen molar-refractivity contribution in [1.29, 1.82) is 0 Å². The lowest BCUT2D eigenvalue weighted by Crippen LogP contribution is -2.44. The number of piperidine rings is 1. The summed E-state index contributed by atoms with van der Waals surface area (Å²) in [4.78, 5) is 2.30. The van der Waals surface area contributed by atoms with Crippen molar-refractivity contribution in [2.45, 2.75) is 32.4 Å². The van der Waals surface area contributed by atoms with Gasteiger partial charge in [0, 0.05) is 25.0 Å². The molecule has 1 aliphatic rings. The largest absolute Gasteiger partial charge is 0.391 e. The van der Waals surface area contributed by atoms with E-state index in [4.69, 9.17) is 0 Å². The number of hydrogen-bond acceptors (Lipinski definition) is 3. The van der Waals surface area contributed by atoms with Crippen LogP contribution in [0.1, 0.15) is 23.2 Å². The number of β-amino-alcohol motifs (C(OH)–C–C–N with tert-alkyl or cyclic N) is 1. The molecule has 2 aromatic rings. The van der Waals surface area contributed by atoms with Crippen LogP contribution in [-0.2, 0) is 13.0 Å². The number of nitrogens with one attached hydrogen (secondary N) is 1. The number of H-pyrrole nitrogens is 1. The number of nitrogens with zero attached hydrogens (tertiary/aromatic N) is 2. The molecule has 4 heteroatoms. The van der Waals surface area contributed by atoms with Crippen molar-refractivity contribution in [3.8, 4) is 0 Å². The zero-order chi connectivity index (χ0) is 14.7. The number of aliphatic hydroxyl groups excluding tert-OH is 1. The van der Waals surface area contributed by atoms with Gasteiger partial charge >= 0.3 is 0 Å². The molecule has 4 nitrogen and oxygen atoms in total. The van der Waals surface area contributed by atoms with Gasteiger partial charge < -0.3 is 5.11 Å². The first-order valence-corrected chi connectivity index (χ1v) is 7.65. The molecule has 112 valence electrons. The number of likely N-dealkylation sites (tertiary alicyclic amines) is 1. The van der Waals surface area contributed by atoms with Crippen LogP contribution in [0.4, 0.5) is 0 Å². The highest BCUT2D eigenvalue weighted by molar-refractivity contribution is 5.22. The second kappa shape index (κ2) is 6.41. The zero-order valence-corrected chi connectivity index (χ0v) is 12.5. The summed E-state index contributed by atoms with van der Waals surface area (Å²) >= 11 is 0. The molecule has 3 rings (SSSR count). The minimum atomic E-state index is -0.248. The van der Waals surface area contributed by atoms with Gasteiger partial charge in [0.15, 0.2) is 0 Å². The van der Waals surface area contributed by atoms with Gasteiger partial charge in [-0.1, -0.05) is 29.8 Å². The Labute approximate surface area is 125 Å². The maximum Gasteiger partial charge on any atom is 0.0699 e. The van der Waals surface area contributed by atoms with Gasteiger partial charge in [-0.05, 0) is 43.9 Å². The Morgan fingerprint density at radius 2 is 2.29 bits per heavy atom.